The van der Waals surface area contributed by atoms with Gasteiger partial charge in [0.2, 0.25) is 5.72 Å². The Morgan fingerprint density at radius 3 is 2.31 bits per heavy atom. The van der Waals surface area contributed by atoms with E-state index >= 15 is 0 Å². The van der Waals surface area contributed by atoms with Crippen LogP contribution in [0.5, 0.6) is 0 Å². The van der Waals surface area contributed by atoms with Gasteiger partial charge in [-0.25, -0.2) is 4.79 Å². The number of carbonyl (C=O) groups is 1. The summed E-state index contributed by atoms with van der Waals surface area (Å²) in [5.74, 6) is -1.50. The molecule has 5 atom stereocenters. The summed E-state index contributed by atoms with van der Waals surface area (Å²) in [7, 11) is 0. The zero-order chi connectivity index (χ0) is 19.1. The molecule has 8 nitrogen and oxygen atoms in total. The lowest BCUT2D eigenvalue weighted by Crippen LogP contribution is -2.66. The molecular formula is C18H29NO7. The molecule has 0 N–H and O–H groups in total. The Labute approximate surface area is 154 Å². The summed E-state index contributed by atoms with van der Waals surface area (Å²) in [6, 6.07) is 0. The van der Waals surface area contributed by atoms with Gasteiger partial charge in [0.05, 0.1) is 13.2 Å². The second kappa shape index (κ2) is 5.32. The van der Waals surface area contributed by atoms with E-state index in [9.17, 15) is 4.79 Å². The van der Waals surface area contributed by atoms with E-state index in [1.807, 2.05) is 48.5 Å². The van der Waals surface area contributed by atoms with E-state index in [-0.39, 0.29) is 12.2 Å². The maximum atomic E-state index is 13.0. The number of rotatable bonds is 1. The van der Waals surface area contributed by atoms with E-state index in [0.29, 0.717) is 13.2 Å². The maximum Gasteiger partial charge on any atom is 0.412 e. The largest absolute Gasteiger partial charge is 0.444 e. The van der Waals surface area contributed by atoms with Crippen LogP contribution in [-0.2, 0) is 28.4 Å². The van der Waals surface area contributed by atoms with Crippen LogP contribution in [0.25, 0.3) is 0 Å². The first-order chi connectivity index (χ1) is 11.8. The molecule has 0 aromatic heterocycles. The summed E-state index contributed by atoms with van der Waals surface area (Å²) in [6.45, 7) is 13.6. The summed E-state index contributed by atoms with van der Waals surface area (Å²) in [4.78, 5) is 14.6. The Morgan fingerprint density at radius 2 is 1.73 bits per heavy atom. The van der Waals surface area contributed by atoms with Crippen LogP contribution in [0, 0.1) is 0 Å². The van der Waals surface area contributed by atoms with Gasteiger partial charge in [-0.05, 0) is 48.5 Å². The predicted molar refractivity (Wildman–Crippen MR) is 89.3 cm³/mol. The van der Waals surface area contributed by atoms with Crippen molar-refractivity contribution in [2.24, 2.45) is 0 Å². The third-order valence-corrected chi connectivity index (χ3v) is 5.11. The number of fused-ring (bicyclic) bond motifs is 5. The van der Waals surface area contributed by atoms with Crippen molar-refractivity contribution in [2.75, 3.05) is 13.2 Å². The molecule has 0 spiro atoms. The van der Waals surface area contributed by atoms with E-state index in [2.05, 4.69) is 0 Å². The smallest absolute Gasteiger partial charge is 0.412 e. The number of amides is 1. The number of nitrogens with zero attached hydrogens (tertiary/aromatic N) is 1. The highest BCUT2D eigenvalue weighted by Gasteiger charge is 2.75. The number of carbonyl (C=O) groups excluding carboxylic acids is 1. The third kappa shape index (κ3) is 2.74. The Hall–Kier alpha value is -0.930. The molecule has 26 heavy (non-hydrogen) atoms. The van der Waals surface area contributed by atoms with Crippen molar-refractivity contribution in [3.63, 3.8) is 0 Å². The summed E-state index contributed by atoms with van der Waals surface area (Å²) in [6.07, 6.45) is -1.95. The van der Waals surface area contributed by atoms with Crippen molar-refractivity contribution in [1.82, 2.24) is 4.90 Å². The lowest BCUT2D eigenvalue weighted by atomic mass is 9.91. The monoisotopic (exact) mass is 371 g/mol. The molecule has 4 fully saturated rings. The van der Waals surface area contributed by atoms with Crippen LogP contribution in [0.2, 0.25) is 0 Å². The molecule has 4 heterocycles. The summed E-state index contributed by atoms with van der Waals surface area (Å²) in [5, 5.41) is 0. The van der Waals surface area contributed by atoms with Crippen LogP contribution in [-0.4, -0.2) is 71.5 Å². The number of likely N-dealkylation sites (tertiary alicyclic amines) is 1. The molecule has 0 aliphatic carbocycles. The van der Waals surface area contributed by atoms with Gasteiger partial charge in [0.15, 0.2) is 11.6 Å². The number of hydrogen-bond acceptors (Lipinski definition) is 7. The number of piperidine rings is 1. The van der Waals surface area contributed by atoms with E-state index in [0.717, 1.165) is 0 Å². The second-order valence-electron chi connectivity index (χ2n) is 9.34. The molecule has 4 rings (SSSR count). The van der Waals surface area contributed by atoms with Gasteiger partial charge in [-0.3, -0.25) is 4.90 Å². The number of ether oxygens (including phenoxy) is 6. The molecule has 0 saturated carbocycles. The number of hydrogen-bond donors (Lipinski definition) is 0. The molecule has 1 amide bonds. The normalized spacial score (nSPS) is 43.0. The Kier molecular flexibility index (Phi) is 3.77. The van der Waals surface area contributed by atoms with Gasteiger partial charge in [0.1, 0.15) is 30.0 Å². The van der Waals surface area contributed by atoms with Gasteiger partial charge in [0, 0.05) is 0 Å². The molecule has 2 bridgehead atoms. The molecule has 0 aromatic carbocycles. The lowest BCUT2D eigenvalue weighted by Gasteiger charge is -2.43. The lowest BCUT2D eigenvalue weighted by molar-refractivity contribution is -0.247. The van der Waals surface area contributed by atoms with Crippen LogP contribution >= 0.6 is 0 Å². The van der Waals surface area contributed by atoms with E-state index in [1.54, 1.807) is 4.90 Å². The topological polar surface area (TPSA) is 75.7 Å². The summed E-state index contributed by atoms with van der Waals surface area (Å²) >= 11 is 0. The second-order valence-corrected chi connectivity index (χ2v) is 9.34. The molecule has 4 aliphatic rings. The van der Waals surface area contributed by atoms with Crippen molar-refractivity contribution in [3.8, 4) is 0 Å². The van der Waals surface area contributed by atoms with Crippen molar-refractivity contribution in [1.29, 1.82) is 0 Å². The minimum Gasteiger partial charge on any atom is -0.444 e. The van der Waals surface area contributed by atoms with Gasteiger partial charge in [-0.15, -0.1) is 0 Å². The van der Waals surface area contributed by atoms with Gasteiger partial charge in [0.25, 0.3) is 0 Å². The molecular weight excluding hydrogens is 342 g/mol. The Bertz CT molecular complexity index is 613. The molecule has 148 valence electrons. The summed E-state index contributed by atoms with van der Waals surface area (Å²) < 4.78 is 36.0. The maximum absolute atomic E-state index is 13.0. The first-order valence-corrected chi connectivity index (χ1v) is 9.19. The van der Waals surface area contributed by atoms with Gasteiger partial charge >= 0.3 is 6.09 Å². The van der Waals surface area contributed by atoms with E-state index in [4.69, 9.17) is 28.4 Å². The Morgan fingerprint density at radius 1 is 1.04 bits per heavy atom. The third-order valence-electron chi connectivity index (χ3n) is 5.11. The molecule has 8 heteroatoms. The highest BCUT2D eigenvalue weighted by molar-refractivity contribution is 5.70. The molecule has 0 aromatic rings. The van der Waals surface area contributed by atoms with Gasteiger partial charge in [-0.2, -0.15) is 0 Å². The molecule has 4 saturated heterocycles. The van der Waals surface area contributed by atoms with Crippen LogP contribution < -0.4 is 0 Å². The minimum atomic E-state index is -1.13. The first kappa shape index (κ1) is 18.4. The van der Waals surface area contributed by atoms with Crippen molar-refractivity contribution in [2.45, 2.75) is 95.8 Å². The fraction of sp³-hybridized carbons (Fsp3) is 0.944. The van der Waals surface area contributed by atoms with Crippen LogP contribution in [0.4, 0.5) is 4.79 Å². The van der Waals surface area contributed by atoms with Crippen molar-refractivity contribution in [3.05, 3.63) is 0 Å². The zero-order valence-corrected chi connectivity index (χ0v) is 16.5. The highest BCUT2D eigenvalue weighted by atomic mass is 16.8. The van der Waals surface area contributed by atoms with E-state index < -0.39 is 41.2 Å². The van der Waals surface area contributed by atoms with Crippen LogP contribution in [0.1, 0.15) is 48.5 Å². The van der Waals surface area contributed by atoms with Gasteiger partial charge in [-0.1, -0.05) is 0 Å². The fourth-order valence-corrected chi connectivity index (χ4v) is 4.30. The Balaban J connectivity index is 1.69. The minimum absolute atomic E-state index is 0.254. The standard InChI is InChI=1S/C18H29NO7/c1-15(2,3)26-14(20)19-8-10-12-13(25-17(6,7)24-12)18(19,22-10)11-9-21-16(4,5)23-11/h10-13H,8-9H2,1-7H3/t10-,11-,12-,13-,18-/m1/s1. The van der Waals surface area contributed by atoms with Crippen molar-refractivity contribution >= 4 is 6.09 Å². The quantitative estimate of drug-likeness (QED) is 0.698. The molecule has 0 radical (unpaired) electrons. The fourth-order valence-electron chi connectivity index (χ4n) is 4.30. The average Bonchev–Trinajstić information content (AvgIpc) is 3.14. The average molecular weight is 371 g/mol. The van der Waals surface area contributed by atoms with Crippen molar-refractivity contribution < 1.29 is 33.2 Å². The first-order valence-electron chi connectivity index (χ1n) is 9.19. The zero-order valence-electron chi connectivity index (χ0n) is 16.5. The van der Waals surface area contributed by atoms with E-state index in [1.165, 1.54) is 0 Å². The SMILES string of the molecule is CC(C)(C)OC(=O)N1C[C@H]2O[C@]1([C@H]1COC(C)(C)O1)[C@@H]1OC(C)(C)O[C@@H]12. The molecule has 4 aliphatic heterocycles. The highest BCUT2D eigenvalue weighted by Crippen LogP contribution is 2.54. The van der Waals surface area contributed by atoms with Gasteiger partial charge < -0.3 is 28.4 Å². The summed E-state index contributed by atoms with van der Waals surface area (Å²) in [5.41, 5.74) is -1.74. The van der Waals surface area contributed by atoms with Crippen LogP contribution in [0.3, 0.4) is 0 Å². The van der Waals surface area contributed by atoms with Crippen LogP contribution in [0.15, 0.2) is 0 Å². The predicted octanol–water partition coefficient (Wildman–Crippen LogP) is 2.00. The molecule has 0 unspecified atom stereocenters.